The number of guanidine groups is 1. The summed E-state index contributed by atoms with van der Waals surface area (Å²) in [6, 6.07) is 6.24. The molecule has 8 nitrogen and oxygen atoms in total. The number of nitrogens with one attached hydrogen (secondary N) is 1. The second-order valence-electron chi connectivity index (χ2n) is 8.46. The number of rotatable bonds is 5. The fraction of sp³-hybridized carbons (Fsp3) is 0.591. The maximum absolute atomic E-state index is 5.77. The molecule has 2 aromatic rings. The monoisotopic (exact) mass is 444 g/mol. The average molecular weight is 445 g/mol. The topological polar surface area (TPSA) is 75.1 Å². The molecule has 0 radical (unpaired) electrons. The van der Waals surface area contributed by atoms with Crippen molar-refractivity contribution in [1.29, 1.82) is 0 Å². The van der Waals surface area contributed by atoms with Gasteiger partial charge in [-0.1, -0.05) is 26.8 Å². The number of ether oxygens (including phenoxy) is 2. The Morgan fingerprint density at radius 2 is 1.90 bits per heavy atom. The molecule has 0 aliphatic carbocycles. The molecule has 2 aliphatic rings. The molecular weight excluding hydrogens is 412 g/mol. The third-order valence-corrected chi connectivity index (χ3v) is 6.66. The summed E-state index contributed by atoms with van der Waals surface area (Å²) >= 11 is 1.50. The van der Waals surface area contributed by atoms with Gasteiger partial charge in [0, 0.05) is 63.1 Å². The third-order valence-electron chi connectivity index (χ3n) is 5.85. The number of fused-ring (bicyclic) bond motifs is 1. The SMILES string of the molecule is CCc1nsc(N2CCN(C(=NC)NCC(C)(C)c3ccc4c(c3)OCCO4)CC2)n1. The van der Waals surface area contributed by atoms with Crippen molar-refractivity contribution < 1.29 is 9.47 Å². The number of anilines is 1. The van der Waals surface area contributed by atoms with Crippen molar-refractivity contribution in [2.75, 3.05) is 57.9 Å². The molecule has 3 heterocycles. The molecule has 0 spiro atoms. The number of hydrogen-bond acceptors (Lipinski definition) is 7. The Labute approximate surface area is 188 Å². The van der Waals surface area contributed by atoms with E-state index in [1.54, 1.807) is 0 Å². The molecule has 31 heavy (non-hydrogen) atoms. The average Bonchev–Trinajstić information content (AvgIpc) is 3.29. The van der Waals surface area contributed by atoms with Crippen LogP contribution in [0.4, 0.5) is 5.13 Å². The normalized spacial score (nSPS) is 17.1. The number of aliphatic imine (C=N–C) groups is 1. The van der Waals surface area contributed by atoms with E-state index in [1.165, 1.54) is 17.1 Å². The third kappa shape index (κ3) is 4.87. The summed E-state index contributed by atoms with van der Waals surface area (Å²) in [5.41, 5.74) is 1.13. The Bertz CT molecular complexity index is 920. The van der Waals surface area contributed by atoms with Gasteiger partial charge in [0.15, 0.2) is 17.5 Å². The maximum atomic E-state index is 5.77. The lowest BCUT2D eigenvalue weighted by atomic mass is 9.84. The lowest BCUT2D eigenvalue weighted by Gasteiger charge is -2.37. The minimum Gasteiger partial charge on any atom is -0.486 e. The highest BCUT2D eigenvalue weighted by Crippen LogP contribution is 2.35. The van der Waals surface area contributed by atoms with E-state index in [1.807, 2.05) is 13.1 Å². The van der Waals surface area contributed by atoms with Gasteiger partial charge in [0.25, 0.3) is 0 Å². The molecule has 1 saturated heterocycles. The first-order valence-electron chi connectivity index (χ1n) is 10.9. The Hall–Kier alpha value is -2.55. The predicted molar refractivity (Wildman–Crippen MR) is 125 cm³/mol. The van der Waals surface area contributed by atoms with Crippen LogP contribution in [-0.4, -0.2) is 73.2 Å². The number of hydrogen-bond donors (Lipinski definition) is 1. The zero-order valence-corrected chi connectivity index (χ0v) is 19.7. The van der Waals surface area contributed by atoms with E-state index in [9.17, 15) is 0 Å². The zero-order valence-electron chi connectivity index (χ0n) is 18.8. The molecule has 168 valence electrons. The molecule has 2 aliphatic heterocycles. The molecule has 0 unspecified atom stereocenters. The first-order valence-corrected chi connectivity index (χ1v) is 11.7. The molecule has 1 fully saturated rings. The van der Waals surface area contributed by atoms with E-state index < -0.39 is 0 Å². The Morgan fingerprint density at radius 3 is 2.58 bits per heavy atom. The molecule has 0 bridgehead atoms. The highest BCUT2D eigenvalue weighted by Gasteiger charge is 2.26. The van der Waals surface area contributed by atoms with Crippen LogP contribution in [0.25, 0.3) is 0 Å². The molecular formula is C22H32N6O2S. The van der Waals surface area contributed by atoms with Gasteiger partial charge in [-0.3, -0.25) is 4.99 Å². The molecule has 4 rings (SSSR count). The molecule has 0 amide bonds. The lowest BCUT2D eigenvalue weighted by molar-refractivity contribution is 0.171. The van der Waals surface area contributed by atoms with Crippen molar-refractivity contribution >= 4 is 22.6 Å². The van der Waals surface area contributed by atoms with E-state index in [0.29, 0.717) is 13.2 Å². The van der Waals surface area contributed by atoms with Gasteiger partial charge < -0.3 is 24.6 Å². The number of aromatic nitrogens is 2. The van der Waals surface area contributed by atoms with Gasteiger partial charge in [-0.05, 0) is 17.7 Å². The highest BCUT2D eigenvalue weighted by molar-refractivity contribution is 7.09. The summed E-state index contributed by atoms with van der Waals surface area (Å²) < 4.78 is 15.8. The van der Waals surface area contributed by atoms with E-state index in [-0.39, 0.29) is 5.41 Å². The van der Waals surface area contributed by atoms with Crippen LogP contribution in [0.15, 0.2) is 23.2 Å². The van der Waals surface area contributed by atoms with Gasteiger partial charge in [-0.25, -0.2) is 4.98 Å². The molecule has 0 atom stereocenters. The van der Waals surface area contributed by atoms with Crippen LogP contribution >= 0.6 is 11.5 Å². The minimum atomic E-state index is -0.0866. The fourth-order valence-electron chi connectivity index (χ4n) is 3.83. The van der Waals surface area contributed by atoms with Crippen LogP contribution in [0.2, 0.25) is 0 Å². The van der Waals surface area contributed by atoms with Crippen molar-refractivity contribution in [1.82, 2.24) is 19.6 Å². The van der Waals surface area contributed by atoms with Gasteiger partial charge in [0.1, 0.15) is 19.0 Å². The standard InChI is InChI=1S/C22H32N6O2S/c1-5-19-25-21(31-26-19)28-10-8-27(9-11-28)20(23-4)24-15-22(2,3)16-6-7-17-18(14-16)30-13-12-29-17/h6-7,14H,5,8-13,15H2,1-4H3,(H,23,24). The van der Waals surface area contributed by atoms with Crippen molar-refractivity contribution in [3.63, 3.8) is 0 Å². The van der Waals surface area contributed by atoms with Crippen LogP contribution in [-0.2, 0) is 11.8 Å². The number of benzene rings is 1. The van der Waals surface area contributed by atoms with Crippen LogP contribution in [0.5, 0.6) is 11.5 Å². The number of aryl methyl sites for hydroxylation is 1. The second-order valence-corrected chi connectivity index (χ2v) is 9.19. The van der Waals surface area contributed by atoms with E-state index in [0.717, 1.165) is 67.6 Å². The maximum Gasteiger partial charge on any atom is 0.205 e. The van der Waals surface area contributed by atoms with Crippen LogP contribution in [0, 0.1) is 0 Å². The Balaban J connectivity index is 1.34. The minimum absolute atomic E-state index is 0.0866. The summed E-state index contributed by atoms with van der Waals surface area (Å²) in [5, 5.41) is 4.61. The second kappa shape index (κ2) is 9.30. The van der Waals surface area contributed by atoms with Crippen molar-refractivity contribution in [3.8, 4) is 11.5 Å². The zero-order chi connectivity index (χ0) is 21.8. The predicted octanol–water partition coefficient (Wildman–Crippen LogP) is 2.55. The van der Waals surface area contributed by atoms with Crippen molar-refractivity contribution in [2.24, 2.45) is 4.99 Å². The largest absolute Gasteiger partial charge is 0.486 e. The lowest BCUT2D eigenvalue weighted by Crippen LogP contribution is -2.54. The first-order chi connectivity index (χ1) is 15.0. The van der Waals surface area contributed by atoms with Gasteiger partial charge in [-0.2, -0.15) is 4.37 Å². The summed E-state index contributed by atoms with van der Waals surface area (Å²) in [5.74, 6) is 3.53. The highest BCUT2D eigenvalue weighted by atomic mass is 32.1. The van der Waals surface area contributed by atoms with Gasteiger partial charge >= 0.3 is 0 Å². The number of piperazine rings is 1. The molecule has 0 saturated carbocycles. The molecule has 1 aromatic carbocycles. The van der Waals surface area contributed by atoms with Gasteiger partial charge in [-0.15, -0.1) is 0 Å². The van der Waals surface area contributed by atoms with Crippen LogP contribution in [0.1, 0.15) is 32.2 Å². The smallest absolute Gasteiger partial charge is 0.205 e. The van der Waals surface area contributed by atoms with E-state index >= 15 is 0 Å². The number of nitrogens with zero attached hydrogens (tertiary/aromatic N) is 5. The van der Waals surface area contributed by atoms with Gasteiger partial charge in [0.05, 0.1) is 0 Å². The van der Waals surface area contributed by atoms with E-state index in [4.69, 9.17) is 9.47 Å². The summed E-state index contributed by atoms with van der Waals surface area (Å²) in [6.07, 6.45) is 0.881. The fourth-order valence-corrected chi connectivity index (χ4v) is 4.63. The quantitative estimate of drug-likeness (QED) is 0.561. The first kappa shape index (κ1) is 21.7. The summed E-state index contributed by atoms with van der Waals surface area (Å²) in [6.45, 7) is 12.2. The van der Waals surface area contributed by atoms with Crippen LogP contribution < -0.4 is 19.7 Å². The van der Waals surface area contributed by atoms with Crippen molar-refractivity contribution in [2.45, 2.75) is 32.6 Å². The molecule has 1 aromatic heterocycles. The molecule has 9 heteroatoms. The van der Waals surface area contributed by atoms with Crippen LogP contribution in [0.3, 0.4) is 0 Å². The van der Waals surface area contributed by atoms with Crippen molar-refractivity contribution in [3.05, 3.63) is 29.6 Å². The Kier molecular flexibility index (Phi) is 6.50. The Morgan fingerprint density at radius 1 is 1.16 bits per heavy atom. The summed E-state index contributed by atoms with van der Waals surface area (Å²) in [4.78, 5) is 13.8. The van der Waals surface area contributed by atoms with E-state index in [2.05, 4.69) is 62.4 Å². The summed E-state index contributed by atoms with van der Waals surface area (Å²) in [7, 11) is 1.85. The van der Waals surface area contributed by atoms with Gasteiger partial charge in [0.2, 0.25) is 5.13 Å². The molecule has 1 N–H and O–H groups in total.